The molecule has 1 fully saturated rings. The summed E-state index contributed by atoms with van der Waals surface area (Å²) in [5.41, 5.74) is 3.00. The van der Waals surface area contributed by atoms with Gasteiger partial charge in [0, 0.05) is 26.1 Å². The smallest absolute Gasteiger partial charge is 0.273 e. The van der Waals surface area contributed by atoms with E-state index in [9.17, 15) is 4.79 Å². The number of anilines is 1. The lowest BCUT2D eigenvalue weighted by molar-refractivity contribution is -0.0644. The Bertz CT molecular complexity index is 695. The summed E-state index contributed by atoms with van der Waals surface area (Å²) in [6.07, 6.45) is 3.74. The van der Waals surface area contributed by atoms with Gasteiger partial charge in [-0.05, 0) is 6.42 Å². The van der Waals surface area contributed by atoms with Gasteiger partial charge in [0.2, 0.25) is 0 Å². The van der Waals surface area contributed by atoms with E-state index in [2.05, 4.69) is 20.3 Å². The van der Waals surface area contributed by atoms with Crippen LogP contribution in [0, 0.1) is 0 Å². The highest BCUT2D eigenvalue weighted by atomic mass is 32.1. The van der Waals surface area contributed by atoms with Crippen molar-refractivity contribution >= 4 is 23.1 Å². The lowest BCUT2D eigenvalue weighted by Gasteiger charge is -2.32. The minimum Gasteiger partial charge on any atom is -0.379 e. The number of amides is 1. The largest absolute Gasteiger partial charge is 0.379 e. The maximum atomic E-state index is 12.0. The number of nitrogens with zero attached hydrogens (tertiary/aromatic N) is 4. The van der Waals surface area contributed by atoms with E-state index < -0.39 is 0 Å². The van der Waals surface area contributed by atoms with Gasteiger partial charge in [0.1, 0.15) is 17.6 Å². The van der Waals surface area contributed by atoms with Gasteiger partial charge in [0.05, 0.1) is 42.9 Å². The Kier molecular flexibility index (Phi) is 5.90. The van der Waals surface area contributed by atoms with Crippen LogP contribution in [0.15, 0.2) is 23.3 Å². The van der Waals surface area contributed by atoms with E-state index in [1.165, 1.54) is 11.1 Å². The molecule has 2 atom stereocenters. The number of thiazole rings is 1. The lowest BCUT2D eigenvalue weighted by atomic mass is 10.1. The van der Waals surface area contributed by atoms with Gasteiger partial charge < -0.3 is 19.7 Å². The molecule has 1 aliphatic rings. The second-order valence-corrected chi connectivity index (χ2v) is 6.65. The maximum Gasteiger partial charge on any atom is 0.273 e. The van der Waals surface area contributed by atoms with E-state index in [1.807, 2.05) is 5.38 Å². The highest BCUT2D eigenvalue weighted by Crippen LogP contribution is 2.18. The van der Waals surface area contributed by atoms with Gasteiger partial charge in [0.25, 0.3) is 5.91 Å². The standard InChI is InChI=1S/C16H21N5O3S/c1-21(2)16(22)13-5-17-6-15(20-13)19-12-3-4-23-8-14(12)24-7-11-9-25-10-18-11/h5-6,9-10,12,14H,3-4,7-8H2,1-2H3,(H,19,20)/t12-,14-/m1/s1. The van der Waals surface area contributed by atoms with Crippen molar-refractivity contribution in [2.45, 2.75) is 25.2 Å². The van der Waals surface area contributed by atoms with Gasteiger partial charge in [-0.15, -0.1) is 11.3 Å². The molecular formula is C16H21N5O3S. The van der Waals surface area contributed by atoms with Gasteiger partial charge in [-0.3, -0.25) is 9.78 Å². The Hall–Kier alpha value is -2.10. The van der Waals surface area contributed by atoms with Crippen molar-refractivity contribution in [1.29, 1.82) is 0 Å². The maximum absolute atomic E-state index is 12.0. The molecule has 9 heteroatoms. The van der Waals surface area contributed by atoms with Crippen LogP contribution in [0.4, 0.5) is 5.82 Å². The van der Waals surface area contributed by atoms with Gasteiger partial charge >= 0.3 is 0 Å². The van der Waals surface area contributed by atoms with Crippen molar-refractivity contribution in [2.24, 2.45) is 0 Å². The zero-order chi connectivity index (χ0) is 17.6. The quantitative estimate of drug-likeness (QED) is 0.830. The van der Waals surface area contributed by atoms with Crippen molar-refractivity contribution in [3.05, 3.63) is 34.7 Å². The summed E-state index contributed by atoms with van der Waals surface area (Å²) in [5, 5.41) is 5.29. The SMILES string of the molecule is CN(C)C(=O)c1cncc(N[C@@H]2CCOC[C@H]2OCc2cscn2)n1. The van der Waals surface area contributed by atoms with Gasteiger partial charge in [-0.25, -0.2) is 9.97 Å². The fourth-order valence-electron chi connectivity index (χ4n) is 2.50. The summed E-state index contributed by atoms with van der Waals surface area (Å²) >= 11 is 1.54. The molecule has 1 saturated heterocycles. The summed E-state index contributed by atoms with van der Waals surface area (Å²) in [6.45, 7) is 1.60. The van der Waals surface area contributed by atoms with Crippen LogP contribution in [0.25, 0.3) is 0 Å². The van der Waals surface area contributed by atoms with Crippen LogP contribution in [0.5, 0.6) is 0 Å². The Morgan fingerprint density at radius 1 is 1.48 bits per heavy atom. The third kappa shape index (κ3) is 4.71. The molecule has 0 radical (unpaired) electrons. The molecule has 2 aromatic heterocycles. The number of nitrogens with one attached hydrogen (secondary N) is 1. The van der Waals surface area contributed by atoms with Gasteiger partial charge in [0.15, 0.2) is 0 Å². The molecule has 8 nitrogen and oxygen atoms in total. The van der Waals surface area contributed by atoms with E-state index in [-0.39, 0.29) is 18.1 Å². The first-order chi connectivity index (χ1) is 12.1. The zero-order valence-electron chi connectivity index (χ0n) is 14.2. The van der Waals surface area contributed by atoms with Crippen LogP contribution >= 0.6 is 11.3 Å². The molecule has 1 aliphatic heterocycles. The normalized spacial score (nSPS) is 20.2. The average molecular weight is 363 g/mol. The number of ether oxygens (including phenoxy) is 2. The van der Waals surface area contributed by atoms with Crippen LogP contribution in [0.3, 0.4) is 0 Å². The monoisotopic (exact) mass is 363 g/mol. The third-order valence-corrected chi connectivity index (χ3v) is 4.46. The Balaban J connectivity index is 1.65. The third-order valence-electron chi connectivity index (χ3n) is 3.83. The first-order valence-corrected chi connectivity index (χ1v) is 8.94. The first kappa shape index (κ1) is 17.7. The van der Waals surface area contributed by atoms with Crippen molar-refractivity contribution in [3.8, 4) is 0 Å². The number of hydrogen-bond donors (Lipinski definition) is 1. The van der Waals surface area contributed by atoms with E-state index >= 15 is 0 Å². The van der Waals surface area contributed by atoms with Crippen molar-refractivity contribution < 1.29 is 14.3 Å². The number of carbonyl (C=O) groups excluding carboxylic acids is 1. The summed E-state index contributed by atoms with van der Waals surface area (Å²) in [5.74, 6) is 0.376. The van der Waals surface area contributed by atoms with Crippen LogP contribution in [-0.4, -0.2) is 65.2 Å². The fourth-order valence-corrected chi connectivity index (χ4v) is 3.04. The molecule has 0 bridgehead atoms. The van der Waals surface area contributed by atoms with E-state index in [4.69, 9.17) is 9.47 Å². The van der Waals surface area contributed by atoms with Crippen LogP contribution in [0.2, 0.25) is 0 Å². The van der Waals surface area contributed by atoms with E-state index in [0.717, 1.165) is 12.1 Å². The summed E-state index contributed by atoms with van der Waals surface area (Å²) < 4.78 is 11.5. The number of carbonyl (C=O) groups is 1. The molecule has 3 rings (SSSR count). The van der Waals surface area contributed by atoms with E-state index in [1.54, 1.807) is 37.1 Å². The number of hydrogen-bond acceptors (Lipinski definition) is 8. The molecule has 134 valence electrons. The van der Waals surface area contributed by atoms with Crippen molar-refractivity contribution in [3.63, 3.8) is 0 Å². The lowest BCUT2D eigenvalue weighted by Crippen LogP contribution is -2.44. The Labute approximate surface area is 150 Å². The molecule has 1 amide bonds. The number of aromatic nitrogens is 3. The fraction of sp³-hybridized carbons (Fsp3) is 0.500. The second kappa shape index (κ2) is 8.32. The highest BCUT2D eigenvalue weighted by molar-refractivity contribution is 7.07. The van der Waals surface area contributed by atoms with Crippen molar-refractivity contribution in [2.75, 3.05) is 32.6 Å². The molecule has 0 aliphatic carbocycles. The second-order valence-electron chi connectivity index (χ2n) is 5.93. The predicted octanol–water partition coefficient (Wildman–Crippen LogP) is 1.42. The summed E-state index contributed by atoms with van der Waals surface area (Å²) in [4.78, 5) is 26.2. The number of rotatable bonds is 6. The molecule has 2 aromatic rings. The molecule has 1 N–H and O–H groups in total. The predicted molar refractivity (Wildman–Crippen MR) is 93.6 cm³/mol. The van der Waals surface area contributed by atoms with Crippen LogP contribution in [-0.2, 0) is 16.1 Å². The minimum absolute atomic E-state index is 0.0337. The average Bonchev–Trinajstić information content (AvgIpc) is 3.14. The highest BCUT2D eigenvalue weighted by Gasteiger charge is 2.27. The Morgan fingerprint density at radius 2 is 2.36 bits per heavy atom. The topological polar surface area (TPSA) is 89.5 Å². The van der Waals surface area contributed by atoms with Crippen molar-refractivity contribution in [1.82, 2.24) is 19.9 Å². The zero-order valence-corrected chi connectivity index (χ0v) is 15.0. The van der Waals surface area contributed by atoms with Gasteiger partial charge in [-0.1, -0.05) is 0 Å². The van der Waals surface area contributed by atoms with Gasteiger partial charge in [-0.2, -0.15) is 0 Å². The first-order valence-electron chi connectivity index (χ1n) is 8.00. The minimum atomic E-state index is -0.181. The molecule has 0 unspecified atom stereocenters. The van der Waals surface area contributed by atoms with Crippen LogP contribution in [0.1, 0.15) is 22.6 Å². The van der Waals surface area contributed by atoms with Crippen LogP contribution < -0.4 is 5.32 Å². The molecule has 0 saturated carbocycles. The molecule has 3 heterocycles. The molecular weight excluding hydrogens is 342 g/mol. The Morgan fingerprint density at radius 3 is 3.12 bits per heavy atom. The summed E-state index contributed by atoms with van der Waals surface area (Å²) in [6, 6.07) is 0.0337. The molecule has 25 heavy (non-hydrogen) atoms. The summed E-state index contributed by atoms with van der Waals surface area (Å²) in [7, 11) is 3.37. The molecule has 0 aromatic carbocycles. The van der Waals surface area contributed by atoms with E-state index in [0.29, 0.717) is 31.3 Å². The molecule has 0 spiro atoms.